The minimum absolute atomic E-state index is 0.159. The molecule has 2 nitrogen and oxygen atoms in total. The molecule has 0 aliphatic rings. The fourth-order valence-electron chi connectivity index (χ4n) is 2.21. The van der Waals surface area contributed by atoms with Gasteiger partial charge in [-0.3, -0.25) is 0 Å². The quantitative estimate of drug-likeness (QED) is 0.549. The van der Waals surface area contributed by atoms with Crippen LogP contribution in [-0.4, -0.2) is 12.1 Å². The zero-order valence-electron chi connectivity index (χ0n) is 11.3. The fraction of sp³-hybridized carbons (Fsp3) is 0.188. The second kappa shape index (κ2) is 6.34. The van der Waals surface area contributed by atoms with Crippen molar-refractivity contribution in [3.05, 3.63) is 57.5 Å². The van der Waals surface area contributed by atoms with Crippen LogP contribution in [0, 0.1) is 0 Å². The van der Waals surface area contributed by atoms with Gasteiger partial charge in [0.1, 0.15) is 5.75 Å². The molecule has 108 valence electrons. The summed E-state index contributed by atoms with van der Waals surface area (Å²) in [6.07, 6.45) is 0.693. The summed E-state index contributed by atoms with van der Waals surface area (Å²) >= 11 is 11.7. The van der Waals surface area contributed by atoms with Crippen LogP contribution in [0.25, 0.3) is 10.2 Å². The second-order valence-electron chi connectivity index (χ2n) is 4.63. The van der Waals surface area contributed by atoms with Gasteiger partial charge in [0.05, 0.1) is 27.7 Å². The molecule has 2 aromatic carbocycles. The summed E-state index contributed by atoms with van der Waals surface area (Å²) in [7, 11) is 1.66. The summed E-state index contributed by atoms with van der Waals surface area (Å²) < 4.78 is 7.58. The molecule has 0 aliphatic heterocycles. The normalized spacial score (nSPS) is 12.5. The molecule has 21 heavy (non-hydrogen) atoms. The lowest BCUT2D eigenvalue weighted by Gasteiger charge is -2.13. The Morgan fingerprint density at radius 3 is 2.86 bits per heavy atom. The number of halogens is 2. The van der Waals surface area contributed by atoms with Gasteiger partial charge in [0.15, 0.2) is 0 Å². The molecule has 1 aromatic heterocycles. The molecule has 0 bridgehead atoms. The monoisotopic (exact) mass is 381 g/mol. The highest BCUT2D eigenvalue weighted by Gasteiger charge is 2.16. The Kier molecular flexibility index (Phi) is 4.48. The molecule has 3 rings (SSSR count). The molecule has 1 unspecified atom stereocenters. The van der Waals surface area contributed by atoms with Crippen LogP contribution in [0.1, 0.15) is 15.9 Å². The molecular formula is C16H13BrClNOS. The van der Waals surface area contributed by atoms with E-state index in [1.165, 1.54) is 4.70 Å². The number of methoxy groups -OCH3 is 1. The lowest BCUT2D eigenvalue weighted by atomic mass is 10.1. The SMILES string of the molecule is COc1cc(Br)ccc1C(Cl)Cc1nc2ccccc2s1. The van der Waals surface area contributed by atoms with E-state index in [2.05, 4.69) is 27.0 Å². The zero-order valence-corrected chi connectivity index (χ0v) is 14.5. The van der Waals surface area contributed by atoms with Crippen LogP contribution in [0.5, 0.6) is 5.75 Å². The van der Waals surface area contributed by atoms with Crippen molar-refractivity contribution >= 4 is 49.1 Å². The fourth-order valence-corrected chi connectivity index (χ4v) is 3.98. The lowest BCUT2D eigenvalue weighted by Crippen LogP contribution is -1.99. The van der Waals surface area contributed by atoms with E-state index < -0.39 is 0 Å². The van der Waals surface area contributed by atoms with Crippen molar-refractivity contribution in [1.82, 2.24) is 4.98 Å². The van der Waals surface area contributed by atoms with Gasteiger partial charge in [-0.25, -0.2) is 4.98 Å². The van der Waals surface area contributed by atoms with Crippen LogP contribution < -0.4 is 4.74 Å². The Balaban J connectivity index is 1.87. The molecular weight excluding hydrogens is 370 g/mol. The highest BCUT2D eigenvalue weighted by atomic mass is 79.9. The summed E-state index contributed by atoms with van der Waals surface area (Å²) in [6.45, 7) is 0. The first-order valence-electron chi connectivity index (χ1n) is 6.49. The van der Waals surface area contributed by atoms with Crippen LogP contribution in [0.2, 0.25) is 0 Å². The number of alkyl halides is 1. The topological polar surface area (TPSA) is 22.1 Å². The number of fused-ring (bicyclic) bond motifs is 1. The molecule has 0 aliphatic carbocycles. The standard InChI is InChI=1S/C16H13BrClNOS/c1-20-14-8-10(17)6-7-11(14)12(18)9-16-19-13-4-2-3-5-15(13)21-16/h2-8,12H,9H2,1H3. The number of aromatic nitrogens is 1. The Hall–Kier alpha value is -1.10. The minimum atomic E-state index is -0.159. The summed E-state index contributed by atoms with van der Waals surface area (Å²) in [5.41, 5.74) is 2.02. The first kappa shape index (κ1) is 14.8. The van der Waals surface area contributed by atoms with Crippen LogP contribution >= 0.6 is 38.9 Å². The predicted octanol–water partition coefficient (Wildman–Crippen LogP) is 5.59. The summed E-state index contributed by atoms with van der Waals surface area (Å²) in [4.78, 5) is 4.64. The highest BCUT2D eigenvalue weighted by Crippen LogP contribution is 2.35. The molecule has 1 atom stereocenters. The van der Waals surface area contributed by atoms with Gasteiger partial charge in [-0.2, -0.15) is 0 Å². The summed E-state index contributed by atoms with van der Waals surface area (Å²) in [6, 6.07) is 14.0. The lowest BCUT2D eigenvalue weighted by molar-refractivity contribution is 0.408. The van der Waals surface area contributed by atoms with Crippen molar-refractivity contribution in [2.24, 2.45) is 0 Å². The molecule has 1 heterocycles. The van der Waals surface area contributed by atoms with E-state index in [-0.39, 0.29) is 5.38 Å². The molecule has 0 saturated carbocycles. The van der Waals surface area contributed by atoms with Gasteiger partial charge >= 0.3 is 0 Å². The van der Waals surface area contributed by atoms with Gasteiger partial charge in [-0.15, -0.1) is 22.9 Å². The maximum atomic E-state index is 6.58. The Labute approximate surface area is 140 Å². The largest absolute Gasteiger partial charge is 0.496 e. The van der Waals surface area contributed by atoms with E-state index >= 15 is 0 Å². The number of hydrogen-bond acceptors (Lipinski definition) is 3. The maximum Gasteiger partial charge on any atom is 0.124 e. The minimum Gasteiger partial charge on any atom is -0.496 e. The molecule has 0 spiro atoms. The van der Waals surface area contributed by atoms with Gasteiger partial charge in [0, 0.05) is 16.5 Å². The number of ether oxygens (including phenoxy) is 1. The average Bonchev–Trinajstić information content (AvgIpc) is 2.88. The number of hydrogen-bond donors (Lipinski definition) is 0. The molecule has 0 radical (unpaired) electrons. The van der Waals surface area contributed by atoms with E-state index in [0.29, 0.717) is 6.42 Å². The Morgan fingerprint density at radius 1 is 1.29 bits per heavy atom. The summed E-state index contributed by atoms with van der Waals surface area (Å²) in [5, 5.41) is 0.884. The molecule has 3 aromatic rings. The number of benzene rings is 2. The van der Waals surface area contributed by atoms with Crippen molar-refractivity contribution in [2.45, 2.75) is 11.8 Å². The van der Waals surface area contributed by atoms with Gasteiger partial charge in [0.2, 0.25) is 0 Å². The predicted molar refractivity (Wildman–Crippen MR) is 92.6 cm³/mol. The van der Waals surface area contributed by atoms with Gasteiger partial charge in [-0.1, -0.05) is 34.1 Å². The first-order valence-corrected chi connectivity index (χ1v) is 8.54. The second-order valence-corrected chi connectivity index (χ2v) is 7.19. The Morgan fingerprint density at radius 2 is 2.10 bits per heavy atom. The van der Waals surface area contributed by atoms with Crippen LogP contribution in [0.15, 0.2) is 46.9 Å². The molecule has 5 heteroatoms. The summed E-state index contributed by atoms with van der Waals surface area (Å²) in [5.74, 6) is 0.797. The average molecular weight is 383 g/mol. The molecule has 0 N–H and O–H groups in total. The number of para-hydroxylation sites is 1. The van der Waals surface area contributed by atoms with Crippen molar-refractivity contribution in [3.8, 4) is 5.75 Å². The Bertz CT molecular complexity index is 741. The van der Waals surface area contributed by atoms with Crippen LogP contribution in [0.3, 0.4) is 0 Å². The smallest absolute Gasteiger partial charge is 0.124 e. The maximum absolute atomic E-state index is 6.58. The highest BCUT2D eigenvalue weighted by molar-refractivity contribution is 9.10. The third kappa shape index (κ3) is 3.23. The van der Waals surface area contributed by atoms with Crippen molar-refractivity contribution < 1.29 is 4.74 Å². The molecule has 0 saturated heterocycles. The van der Waals surface area contributed by atoms with Crippen molar-refractivity contribution in [3.63, 3.8) is 0 Å². The van der Waals surface area contributed by atoms with Gasteiger partial charge in [-0.05, 0) is 24.3 Å². The van der Waals surface area contributed by atoms with E-state index in [1.807, 2.05) is 36.4 Å². The molecule has 0 fully saturated rings. The number of rotatable bonds is 4. The zero-order chi connectivity index (χ0) is 14.8. The van der Waals surface area contributed by atoms with Gasteiger partial charge in [0.25, 0.3) is 0 Å². The third-order valence-corrected chi connectivity index (χ3v) is 5.17. The van der Waals surface area contributed by atoms with E-state index in [9.17, 15) is 0 Å². The van der Waals surface area contributed by atoms with Crippen molar-refractivity contribution in [1.29, 1.82) is 0 Å². The number of thiazole rings is 1. The van der Waals surface area contributed by atoms with Crippen LogP contribution in [-0.2, 0) is 6.42 Å². The van der Waals surface area contributed by atoms with E-state index in [4.69, 9.17) is 16.3 Å². The van der Waals surface area contributed by atoms with Crippen molar-refractivity contribution in [2.75, 3.05) is 7.11 Å². The van der Waals surface area contributed by atoms with Crippen LogP contribution in [0.4, 0.5) is 0 Å². The van der Waals surface area contributed by atoms with E-state index in [1.54, 1.807) is 18.4 Å². The van der Waals surface area contributed by atoms with E-state index in [0.717, 1.165) is 26.3 Å². The first-order chi connectivity index (χ1) is 10.2. The molecule has 0 amide bonds. The number of nitrogens with zero attached hydrogens (tertiary/aromatic N) is 1. The third-order valence-electron chi connectivity index (χ3n) is 3.22. The van der Waals surface area contributed by atoms with Gasteiger partial charge < -0.3 is 4.74 Å².